The average molecular weight is 415 g/mol. The third kappa shape index (κ3) is 5.46. The van der Waals surface area contributed by atoms with Crippen molar-refractivity contribution in [3.63, 3.8) is 0 Å². The predicted molar refractivity (Wildman–Crippen MR) is 102 cm³/mol. The van der Waals surface area contributed by atoms with Gasteiger partial charge in [0.05, 0.1) is 29.4 Å². The Bertz CT molecular complexity index is 818. The summed E-state index contributed by atoms with van der Waals surface area (Å²) < 4.78 is 6.73. The van der Waals surface area contributed by atoms with E-state index in [9.17, 15) is 4.79 Å². The number of hydrogen-bond donors (Lipinski definition) is 1. The van der Waals surface area contributed by atoms with Gasteiger partial charge in [0, 0.05) is 11.9 Å². The molecule has 6 nitrogen and oxygen atoms in total. The summed E-state index contributed by atoms with van der Waals surface area (Å²) in [5.74, 6) is 1.19. The highest BCUT2D eigenvalue weighted by Gasteiger charge is 2.13. The van der Waals surface area contributed by atoms with E-state index < -0.39 is 0 Å². The van der Waals surface area contributed by atoms with Gasteiger partial charge in [0.25, 0.3) is 0 Å². The van der Waals surface area contributed by atoms with Crippen molar-refractivity contribution in [2.75, 3.05) is 18.1 Å². The molecule has 1 amide bonds. The van der Waals surface area contributed by atoms with Gasteiger partial charge >= 0.3 is 0 Å². The molecule has 0 unspecified atom stereocenters. The lowest BCUT2D eigenvalue weighted by atomic mass is 10.4. The van der Waals surface area contributed by atoms with E-state index in [0.29, 0.717) is 24.0 Å². The average Bonchev–Trinajstić information content (AvgIpc) is 3.33. The van der Waals surface area contributed by atoms with Crippen LogP contribution in [0.3, 0.4) is 0 Å². The van der Waals surface area contributed by atoms with Gasteiger partial charge in [-0.15, -0.1) is 21.5 Å². The highest BCUT2D eigenvalue weighted by Crippen LogP contribution is 2.26. The Labute approximate surface area is 162 Å². The van der Waals surface area contributed by atoms with Gasteiger partial charge < -0.3 is 14.6 Å². The molecule has 0 aliphatic heterocycles. The van der Waals surface area contributed by atoms with Gasteiger partial charge in [-0.2, -0.15) is 0 Å². The first-order valence-corrected chi connectivity index (χ1v) is 10.3. The summed E-state index contributed by atoms with van der Waals surface area (Å²) in [6.07, 6.45) is 1.63. The van der Waals surface area contributed by atoms with E-state index in [0.717, 1.165) is 19.3 Å². The molecule has 0 fully saturated rings. The highest BCUT2D eigenvalue weighted by atomic mass is 35.5. The Hall–Kier alpha value is -1.55. The molecule has 0 aliphatic carbocycles. The van der Waals surface area contributed by atoms with Gasteiger partial charge in [-0.3, -0.25) is 4.79 Å². The van der Waals surface area contributed by atoms with Crippen molar-refractivity contribution in [2.45, 2.75) is 17.4 Å². The Morgan fingerprint density at radius 1 is 1.36 bits per heavy atom. The second-order valence-corrected chi connectivity index (χ2v) is 9.05. The summed E-state index contributed by atoms with van der Waals surface area (Å²) in [6.45, 7) is 1.11. The molecule has 0 radical (unpaired) electrons. The van der Waals surface area contributed by atoms with Crippen LogP contribution in [0.15, 0.2) is 39.3 Å². The van der Waals surface area contributed by atoms with E-state index in [1.807, 2.05) is 24.3 Å². The second-order valence-electron chi connectivity index (χ2n) is 5.05. The third-order valence-electron chi connectivity index (χ3n) is 3.17. The van der Waals surface area contributed by atoms with Crippen LogP contribution in [-0.4, -0.2) is 33.8 Å². The SMILES string of the molecule is CN(Cc1ccc(Cl)s1)C(=O)CSc1nnc(NCc2ccco2)s1. The first-order chi connectivity index (χ1) is 12.1. The quantitative estimate of drug-likeness (QED) is 0.557. The molecule has 25 heavy (non-hydrogen) atoms. The minimum atomic E-state index is 0.0369. The smallest absolute Gasteiger partial charge is 0.233 e. The molecule has 0 saturated heterocycles. The van der Waals surface area contributed by atoms with Crippen molar-refractivity contribution >= 4 is 57.1 Å². The number of amides is 1. The number of carbonyl (C=O) groups is 1. The van der Waals surface area contributed by atoms with E-state index in [2.05, 4.69) is 15.5 Å². The van der Waals surface area contributed by atoms with Crippen LogP contribution < -0.4 is 5.32 Å². The topological polar surface area (TPSA) is 71.3 Å². The minimum Gasteiger partial charge on any atom is -0.467 e. The molecule has 0 saturated carbocycles. The number of carbonyl (C=O) groups excluding carboxylic acids is 1. The Balaban J connectivity index is 1.44. The number of thioether (sulfide) groups is 1. The third-order valence-corrected chi connectivity index (χ3v) is 6.38. The molecule has 1 N–H and O–H groups in total. The number of nitrogens with zero attached hydrogens (tertiary/aromatic N) is 3. The molecule has 3 aromatic rings. The lowest BCUT2D eigenvalue weighted by Gasteiger charge is -2.15. The number of aromatic nitrogens is 2. The normalized spacial score (nSPS) is 10.8. The number of rotatable bonds is 8. The molecular formula is C15H15ClN4O2S3. The van der Waals surface area contributed by atoms with Crippen molar-refractivity contribution in [3.8, 4) is 0 Å². The number of halogens is 1. The monoisotopic (exact) mass is 414 g/mol. The van der Waals surface area contributed by atoms with Crippen molar-refractivity contribution in [2.24, 2.45) is 0 Å². The minimum absolute atomic E-state index is 0.0369. The zero-order valence-corrected chi connectivity index (χ0v) is 16.5. The van der Waals surface area contributed by atoms with Gasteiger partial charge in [0.1, 0.15) is 5.76 Å². The van der Waals surface area contributed by atoms with Crippen LogP contribution in [0.5, 0.6) is 0 Å². The summed E-state index contributed by atoms with van der Waals surface area (Å²) >= 11 is 10.2. The molecule has 0 bridgehead atoms. The zero-order chi connectivity index (χ0) is 17.6. The molecule has 3 rings (SSSR count). The lowest BCUT2D eigenvalue weighted by Crippen LogP contribution is -2.27. The Morgan fingerprint density at radius 2 is 2.24 bits per heavy atom. The summed E-state index contributed by atoms with van der Waals surface area (Å²) in [7, 11) is 1.78. The molecule has 0 aliphatic rings. The fourth-order valence-corrected chi connectivity index (χ4v) is 4.74. The van der Waals surface area contributed by atoms with Crippen LogP contribution in [0, 0.1) is 0 Å². The molecule has 0 aromatic carbocycles. The summed E-state index contributed by atoms with van der Waals surface area (Å²) in [6, 6.07) is 7.50. The summed E-state index contributed by atoms with van der Waals surface area (Å²) in [5.41, 5.74) is 0. The summed E-state index contributed by atoms with van der Waals surface area (Å²) in [4.78, 5) is 15.0. The largest absolute Gasteiger partial charge is 0.467 e. The predicted octanol–water partition coefficient (Wildman–Crippen LogP) is 4.21. The van der Waals surface area contributed by atoms with E-state index in [4.69, 9.17) is 16.0 Å². The maximum Gasteiger partial charge on any atom is 0.233 e. The first-order valence-electron chi connectivity index (χ1n) is 7.31. The molecule has 132 valence electrons. The maximum atomic E-state index is 12.2. The molecule has 0 spiro atoms. The molecular weight excluding hydrogens is 400 g/mol. The molecule has 3 aromatic heterocycles. The van der Waals surface area contributed by atoms with Gasteiger partial charge in [-0.05, 0) is 24.3 Å². The molecule has 10 heteroatoms. The molecule has 3 heterocycles. The van der Waals surface area contributed by atoms with Gasteiger partial charge in [0.2, 0.25) is 11.0 Å². The number of thiophene rings is 1. The van der Waals surface area contributed by atoms with Crippen LogP contribution in [-0.2, 0) is 17.9 Å². The van der Waals surface area contributed by atoms with E-state index in [1.165, 1.54) is 34.4 Å². The van der Waals surface area contributed by atoms with Crippen LogP contribution in [0.2, 0.25) is 4.34 Å². The van der Waals surface area contributed by atoms with E-state index in [-0.39, 0.29) is 5.91 Å². The standard InChI is InChI=1S/C15H15ClN4O2S3/c1-20(8-11-4-5-12(16)24-11)13(21)9-23-15-19-18-14(25-15)17-7-10-3-2-6-22-10/h2-6H,7-9H2,1H3,(H,17,18). The second kappa shape index (κ2) is 8.70. The van der Waals surface area contributed by atoms with Crippen molar-refractivity contribution in [1.29, 1.82) is 0 Å². The van der Waals surface area contributed by atoms with Crippen LogP contribution in [0.1, 0.15) is 10.6 Å². The highest BCUT2D eigenvalue weighted by molar-refractivity contribution is 8.01. The number of nitrogens with one attached hydrogen (secondary N) is 1. The van der Waals surface area contributed by atoms with Crippen molar-refractivity contribution < 1.29 is 9.21 Å². The van der Waals surface area contributed by atoms with E-state index in [1.54, 1.807) is 18.2 Å². The fraction of sp³-hybridized carbons (Fsp3) is 0.267. The lowest BCUT2D eigenvalue weighted by molar-refractivity contribution is -0.127. The number of anilines is 1. The van der Waals surface area contributed by atoms with Crippen molar-refractivity contribution in [3.05, 3.63) is 45.5 Å². The maximum absolute atomic E-state index is 12.2. The fourth-order valence-electron chi connectivity index (χ4n) is 1.91. The molecule has 0 atom stereocenters. The first kappa shape index (κ1) is 18.2. The van der Waals surface area contributed by atoms with E-state index >= 15 is 0 Å². The van der Waals surface area contributed by atoms with Gasteiger partial charge in [0.15, 0.2) is 4.34 Å². The Kier molecular flexibility index (Phi) is 6.35. The Morgan fingerprint density at radius 3 is 2.96 bits per heavy atom. The number of hydrogen-bond acceptors (Lipinski definition) is 8. The van der Waals surface area contributed by atoms with Crippen LogP contribution >= 0.6 is 46.0 Å². The van der Waals surface area contributed by atoms with Crippen LogP contribution in [0.25, 0.3) is 0 Å². The van der Waals surface area contributed by atoms with Gasteiger partial charge in [-0.1, -0.05) is 34.7 Å². The number of furan rings is 1. The van der Waals surface area contributed by atoms with Gasteiger partial charge in [-0.25, -0.2) is 0 Å². The zero-order valence-electron chi connectivity index (χ0n) is 13.3. The van der Waals surface area contributed by atoms with Crippen LogP contribution in [0.4, 0.5) is 5.13 Å². The van der Waals surface area contributed by atoms with Crippen molar-refractivity contribution in [1.82, 2.24) is 15.1 Å². The summed E-state index contributed by atoms with van der Waals surface area (Å²) in [5, 5.41) is 12.0.